The van der Waals surface area contributed by atoms with E-state index in [9.17, 15) is 4.79 Å². The van der Waals surface area contributed by atoms with Crippen LogP contribution in [-0.2, 0) is 9.53 Å². The zero-order valence-corrected chi connectivity index (χ0v) is 19.0. The largest absolute Gasteiger partial charge is 0.378 e. The number of morpholine rings is 1. The molecule has 6 rings (SSSR count). The number of rotatable bonds is 5. The van der Waals surface area contributed by atoms with E-state index >= 15 is 0 Å². The maximum absolute atomic E-state index is 12.3. The highest BCUT2D eigenvalue weighted by molar-refractivity contribution is 7.98. The third kappa shape index (κ3) is 3.89. The van der Waals surface area contributed by atoms with Gasteiger partial charge in [0.2, 0.25) is 5.91 Å². The van der Waals surface area contributed by atoms with E-state index in [1.807, 2.05) is 29.1 Å². The van der Waals surface area contributed by atoms with E-state index in [-0.39, 0.29) is 11.8 Å². The van der Waals surface area contributed by atoms with Crippen molar-refractivity contribution < 1.29 is 9.53 Å². The van der Waals surface area contributed by atoms with Gasteiger partial charge in [-0.1, -0.05) is 0 Å². The molecule has 1 aliphatic carbocycles. The molecular weight excluding hydrogens is 438 g/mol. The highest BCUT2D eigenvalue weighted by atomic mass is 32.2. The lowest BCUT2D eigenvalue weighted by molar-refractivity contribution is -0.117. The zero-order valence-electron chi connectivity index (χ0n) is 18.2. The highest BCUT2D eigenvalue weighted by Crippen LogP contribution is 2.34. The SMILES string of the molecule is CSc1ncc(-c2nc3ccc(N4CCOCC4)cn3n2)c2cc(NC(=O)C3CC3)ncc12. The monoisotopic (exact) mass is 461 g/mol. The maximum atomic E-state index is 12.3. The van der Waals surface area contributed by atoms with Gasteiger partial charge in [0.1, 0.15) is 10.8 Å². The molecule has 33 heavy (non-hydrogen) atoms. The molecule has 0 radical (unpaired) electrons. The molecule has 0 bridgehead atoms. The van der Waals surface area contributed by atoms with E-state index in [4.69, 9.17) is 14.8 Å². The van der Waals surface area contributed by atoms with Crippen molar-refractivity contribution in [1.29, 1.82) is 0 Å². The molecule has 4 aromatic heterocycles. The standard InChI is InChI=1S/C23H23N7O2S/c1-33-23-18-12-24-19(26-22(31)14-2-3-14)10-16(18)17(11-25-23)21-27-20-5-4-15(13-30(20)28-21)29-6-8-32-9-7-29/h4-5,10-14H,2-3,6-9H2,1H3,(H,24,26,31). The molecule has 4 aromatic rings. The fourth-order valence-corrected chi connectivity index (χ4v) is 4.63. The molecule has 1 saturated heterocycles. The van der Waals surface area contributed by atoms with Crippen LogP contribution in [0.5, 0.6) is 0 Å². The fourth-order valence-electron chi connectivity index (χ4n) is 4.09. The van der Waals surface area contributed by atoms with Gasteiger partial charge < -0.3 is 15.0 Å². The first-order valence-electron chi connectivity index (χ1n) is 11.0. The second kappa shape index (κ2) is 8.27. The second-order valence-electron chi connectivity index (χ2n) is 8.28. The number of carbonyl (C=O) groups is 1. The quantitative estimate of drug-likeness (QED) is 0.453. The van der Waals surface area contributed by atoms with Crippen LogP contribution < -0.4 is 10.2 Å². The first-order valence-corrected chi connectivity index (χ1v) is 12.3. The Bertz CT molecular complexity index is 1360. The zero-order chi connectivity index (χ0) is 22.4. The van der Waals surface area contributed by atoms with Crippen LogP contribution in [0.3, 0.4) is 0 Å². The molecule has 9 nitrogen and oxygen atoms in total. The minimum Gasteiger partial charge on any atom is -0.378 e. The van der Waals surface area contributed by atoms with Gasteiger partial charge in [-0.2, -0.15) is 0 Å². The molecule has 2 fully saturated rings. The number of nitrogens with zero attached hydrogens (tertiary/aromatic N) is 6. The molecule has 1 aliphatic heterocycles. The van der Waals surface area contributed by atoms with Gasteiger partial charge in [0, 0.05) is 47.7 Å². The number of anilines is 2. The molecule has 1 amide bonds. The summed E-state index contributed by atoms with van der Waals surface area (Å²) in [5.74, 6) is 1.27. The maximum Gasteiger partial charge on any atom is 0.228 e. The molecule has 168 valence electrons. The number of aromatic nitrogens is 5. The van der Waals surface area contributed by atoms with Gasteiger partial charge in [-0.3, -0.25) is 4.79 Å². The Labute approximate surface area is 194 Å². The van der Waals surface area contributed by atoms with E-state index < -0.39 is 0 Å². The van der Waals surface area contributed by atoms with Crippen LogP contribution in [0.2, 0.25) is 0 Å². The van der Waals surface area contributed by atoms with E-state index in [0.717, 1.165) is 71.8 Å². The van der Waals surface area contributed by atoms with Crippen LogP contribution in [-0.4, -0.2) is 63.0 Å². The number of hydrogen-bond donors (Lipinski definition) is 1. The van der Waals surface area contributed by atoms with Crippen LogP contribution in [0.25, 0.3) is 27.8 Å². The Morgan fingerprint density at radius 1 is 1.15 bits per heavy atom. The van der Waals surface area contributed by atoms with Crippen molar-refractivity contribution in [2.24, 2.45) is 5.92 Å². The second-order valence-corrected chi connectivity index (χ2v) is 9.08. The van der Waals surface area contributed by atoms with Crippen molar-refractivity contribution in [3.8, 4) is 11.4 Å². The van der Waals surface area contributed by atoms with Gasteiger partial charge >= 0.3 is 0 Å². The molecule has 0 atom stereocenters. The van der Waals surface area contributed by atoms with Crippen LogP contribution in [0.15, 0.2) is 41.8 Å². The van der Waals surface area contributed by atoms with Crippen LogP contribution in [0.1, 0.15) is 12.8 Å². The first kappa shape index (κ1) is 20.4. The molecule has 0 unspecified atom stereocenters. The van der Waals surface area contributed by atoms with Gasteiger partial charge in [0.05, 0.1) is 25.1 Å². The van der Waals surface area contributed by atoms with Crippen LogP contribution in [0, 0.1) is 5.92 Å². The fraction of sp³-hybridized carbons (Fsp3) is 0.348. The predicted molar refractivity (Wildman–Crippen MR) is 128 cm³/mol. The molecule has 5 heterocycles. The summed E-state index contributed by atoms with van der Waals surface area (Å²) >= 11 is 1.56. The summed E-state index contributed by atoms with van der Waals surface area (Å²) in [6.45, 7) is 3.18. The highest BCUT2D eigenvalue weighted by Gasteiger charge is 2.30. The van der Waals surface area contributed by atoms with Crippen molar-refractivity contribution in [2.45, 2.75) is 17.9 Å². The van der Waals surface area contributed by atoms with Gasteiger partial charge in [-0.25, -0.2) is 19.5 Å². The normalized spacial score (nSPS) is 16.5. The third-order valence-corrected chi connectivity index (χ3v) is 6.77. The number of ether oxygens (including phenoxy) is 1. The summed E-state index contributed by atoms with van der Waals surface area (Å²) < 4.78 is 7.27. The number of carbonyl (C=O) groups excluding carboxylic acids is 1. The van der Waals surface area contributed by atoms with E-state index in [0.29, 0.717) is 11.6 Å². The molecule has 1 saturated carbocycles. The molecule has 2 aliphatic rings. The van der Waals surface area contributed by atoms with E-state index in [2.05, 4.69) is 26.3 Å². The molecule has 10 heteroatoms. The van der Waals surface area contributed by atoms with E-state index in [1.165, 1.54) is 0 Å². The lowest BCUT2D eigenvalue weighted by Crippen LogP contribution is -2.36. The summed E-state index contributed by atoms with van der Waals surface area (Å²) in [5.41, 5.74) is 2.67. The Kier molecular flexibility index (Phi) is 5.11. The summed E-state index contributed by atoms with van der Waals surface area (Å²) in [4.78, 5) is 28.4. The van der Waals surface area contributed by atoms with Gasteiger partial charge in [-0.15, -0.1) is 16.9 Å². The Hall–Kier alpha value is -3.24. The Morgan fingerprint density at radius 3 is 2.79 bits per heavy atom. The Morgan fingerprint density at radius 2 is 2.00 bits per heavy atom. The molecule has 0 spiro atoms. The number of pyridine rings is 3. The van der Waals surface area contributed by atoms with Crippen molar-refractivity contribution >= 4 is 45.6 Å². The first-order chi connectivity index (χ1) is 16.2. The number of hydrogen-bond acceptors (Lipinski definition) is 8. The molecule has 0 aromatic carbocycles. The van der Waals surface area contributed by atoms with Gasteiger partial charge in [0.25, 0.3) is 0 Å². The minimum atomic E-state index is 0.0315. The number of thioether (sulfide) groups is 1. The summed E-state index contributed by atoms with van der Waals surface area (Å²) in [6, 6.07) is 5.95. The number of amides is 1. The van der Waals surface area contributed by atoms with Crippen molar-refractivity contribution in [2.75, 3.05) is 42.8 Å². The van der Waals surface area contributed by atoms with Gasteiger partial charge in [-0.05, 0) is 37.3 Å². The minimum absolute atomic E-state index is 0.0315. The van der Waals surface area contributed by atoms with Crippen molar-refractivity contribution in [3.63, 3.8) is 0 Å². The Balaban J connectivity index is 1.41. The molecule has 1 N–H and O–H groups in total. The summed E-state index contributed by atoms with van der Waals surface area (Å²) in [7, 11) is 0. The van der Waals surface area contributed by atoms with Crippen molar-refractivity contribution in [3.05, 3.63) is 36.8 Å². The predicted octanol–water partition coefficient (Wildman–Crippen LogP) is 3.25. The number of nitrogens with one attached hydrogen (secondary N) is 1. The van der Waals surface area contributed by atoms with E-state index in [1.54, 1.807) is 24.2 Å². The topological polar surface area (TPSA) is 97.5 Å². The smallest absolute Gasteiger partial charge is 0.228 e. The van der Waals surface area contributed by atoms with Crippen LogP contribution in [0.4, 0.5) is 11.5 Å². The van der Waals surface area contributed by atoms with Crippen molar-refractivity contribution in [1.82, 2.24) is 24.6 Å². The lowest BCUT2D eigenvalue weighted by atomic mass is 10.1. The summed E-state index contributed by atoms with van der Waals surface area (Å²) in [5, 5.41) is 10.4. The third-order valence-electron chi connectivity index (χ3n) is 6.06. The lowest BCUT2D eigenvalue weighted by Gasteiger charge is -2.28. The van der Waals surface area contributed by atoms with Crippen LogP contribution >= 0.6 is 11.8 Å². The average Bonchev–Trinajstić information content (AvgIpc) is 3.62. The summed E-state index contributed by atoms with van der Waals surface area (Å²) in [6.07, 6.45) is 9.46. The number of fused-ring (bicyclic) bond motifs is 2. The average molecular weight is 462 g/mol. The van der Waals surface area contributed by atoms with Gasteiger partial charge in [0.15, 0.2) is 11.5 Å². The molecular formula is C23H23N7O2S.